The number of para-hydroxylation sites is 1. The molecule has 0 unspecified atom stereocenters. The zero-order valence-corrected chi connectivity index (χ0v) is 13.2. The molecule has 0 radical (unpaired) electrons. The Morgan fingerprint density at radius 3 is 3.00 bits per heavy atom. The number of ether oxygens (including phenoxy) is 1. The molecule has 0 spiro atoms. The summed E-state index contributed by atoms with van der Waals surface area (Å²) in [4.78, 5) is 23.7. The van der Waals surface area contributed by atoms with Gasteiger partial charge in [-0.05, 0) is 18.6 Å². The minimum absolute atomic E-state index is 0.192. The van der Waals surface area contributed by atoms with Crippen molar-refractivity contribution < 1.29 is 9.53 Å². The topological polar surface area (TPSA) is 79.9 Å². The first-order valence-corrected chi connectivity index (χ1v) is 7.61. The molecule has 3 aromatic rings. The molecule has 3 rings (SSSR count). The van der Waals surface area contributed by atoms with Crippen LogP contribution in [0.4, 0.5) is 0 Å². The molecule has 0 saturated heterocycles. The van der Waals surface area contributed by atoms with Crippen LogP contribution >= 0.6 is 11.6 Å². The molecule has 2 N–H and O–H groups in total. The van der Waals surface area contributed by atoms with E-state index in [1.165, 1.54) is 6.20 Å². The van der Waals surface area contributed by atoms with Crippen LogP contribution in [0.2, 0.25) is 5.02 Å². The van der Waals surface area contributed by atoms with Crippen molar-refractivity contribution in [2.24, 2.45) is 0 Å². The smallest absolute Gasteiger partial charge is 0.255 e. The number of nitrogens with zero attached hydrogens (tertiary/aromatic N) is 2. The van der Waals surface area contributed by atoms with Gasteiger partial charge in [-0.2, -0.15) is 0 Å². The van der Waals surface area contributed by atoms with Crippen molar-refractivity contribution in [3.05, 3.63) is 47.2 Å². The van der Waals surface area contributed by atoms with E-state index in [-0.39, 0.29) is 11.8 Å². The van der Waals surface area contributed by atoms with Gasteiger partial charge in [0, 0.05) is 12.7 Å². The summed E-state index contributed by atoms with van der Waals surface area (Å²) in [7, 11) is 0. The average molecular weight is 331 g/mol. The number of aromatic amines is 1. The van der Waals surface area contributed by atoms with Crippen molar-refractivity contribution in [2.75, 3.05) is 6.54 Å². The normalized spacial score (nSPS) is 10.7. The molecule has 0 saturated carbocycles. The standard InChI is InChI=1S/C16H15ClN4O2/c1-2-7-18-16(22)10-8-19-15-14(10)21-13(9-20-15)23-12-6-4-3-5-11(12)17/h3-6,8-9H,2,7H2,1H3,(H,18,22)(H,19,20). The van der Waals surface area contributed by atoms with Crippen molar-refractivity contribution in [3.63, 3.8) is 0 Å². The highest BCUT2D eigenvalue weighted by atomic mass is 35.5. The molecule has 118 valence electrons. The van der Waals surface area contributed by atoms with Gasteiger partial charge in [-0.15, -0.1) is 0 Å². The van der Waals surface area contributed by atoms with Crippen LogP contribution < -0.4 is 10.1 Å². The third kappa shape index (κ3) is 3.27. The van der Waals surface area contributed by atoms with E-state index in [2.05, 4.69) is 20.3 Å². The molecular formula is C16H15ClN4O2. The second kappa shape index (κ2) is 6.66. The average Bonchev–Trinajstić information content (AvgIpc) is 2.98. The van der Waals surface area contributed by atoms with Crippen LogP contribution in [0.1, 0.15) is 23.7 Å². The lowest BCUT2D eigenvalue weighted by molar-refractivity contribution is 0.0955. The Kier molecular flexibility index (Phi) is 4.43. The highest BCUT2D eigenvalue weighted by Crippen LogP contribution is 2.28. The van der Waals surface area contributed by atoms with Crippen LogP contribution in [0.25, 0.3) is 11.2 Å². The van der Waals surface area contributed by atoms with E-state index in [1.807, 2.05) is 19.1 Å². The first kappa shape index (κ1) is 15.3. The molecule has 2 aromatic heterocycles. The van der Waals surface area contributed by atoms with Gasteiger partial charge in [-0.25, -0.2) is 9.97 Å². The van der Waals surface area contributed by atoms with Gasteiger partial charge in [0.15, 0.2) is 5.65 Å². The van der Waals surface area contributed by atoms with E-state index in [0.717, 1.165) is 6.42 Å². The predicted octanol–water partition coefficient (Wildman–Crippen LogP) is 3.54. The largest absolute Gasteiger partial charge is 0.436 e. The quantitative estimate of drug-likeness (QED) is 0.749. The zero-order valence-electron chi connectivity index (χ0n) is 12.5. The Morgan fingerprint density at radius 1 is 1.39 bits per heavy atom. The van der Waals surface area contributed by atoms with Gasteiger partial charge in [-0.3, -0.25) is 4.79 Å². The molecule has 1 amide bonds. The first-order valence-electron chi connectivity index (χ1n) is 7.23. The number of aromatic nitrogens is 3. The fraction of sp³-hybridized carbons (Fsp3) is 0.188. The van der Waals surface area contributed by atoms with Gasteiger partial charge < -0.3 is 15.0 Å². The van der Waals surface area contributed by atoms with E-state index in [9.17, 15) is 4.79 Å². The van der Waals surface area contributed by atoms with Gasteiger partial charge >= 0.3 is 0 Å². The van der Waals surface area contributed by atoms with E-state index < -0.39 is 0 Å². The van der Waals surface area contributed by atoms with Gasteiger partial charge in [0.2, 0.25) is 5.88 Å². The van der Waals surface area contributed by atoms with Crippen molar-refractivity contribution in [2.45, 2.75) is 13.3 Å². The van der Waals surface area contributed by atoms with Gasteiger partial charge in [-0.1, -0.05) is 30.7 Å². The summed E-state index contributed by atoms with van der Waals surface area (Å²) in [6.07, 6.45) is 3.94. The molecule has 0 aliphatic heterocycles. The number of carbonyl (C=O) groups is 1. The van der Waals surface area contributed by atoms with Crippen molar-refractivity contribution in [1.82, 2.24) is 20.3 Å². The molecule has 7 heteroatoms. The second-order valence-corrected chi connectivity index (χ2v) is 5.30. The Morgan fingerprint density at radius 2 is 2.22 bits per heavy atom. The van der Waals surface area contributed by atoms with Crippen LogP contribution in [0.15, 0.2) is 36.7 Å². The lowest BCUT2D eigenvalue weighted by atomic mass is 10.3. The van der Waals surface area contributed by atoms with Crippen molar-refractivity contribution in [1.29, 1.82) is 0 Å². The second-order valence-electron chi connectivity index (χ2n) is 4.90. The summed E-state index contributed by atoms with van der Waals surface area (Å²) >= 11 is 6.07. The lowest BCUT2D eigenvalue weighted by Gasteiger charge is -2.06. The maximum absolute atomic E-state index is 12.1. The van der Waals surface area contributed by atoms with E-state index >= 15 is 0 Å². The number of halogens is 1. The number of fused-ring (bicyclic) bond motifs is 1. The number of rotatable bonds is 5. The highest BCUT2D eigenvalue weighted by molar-refractivity contribution is 6.32. The number of H-pyrrole nitrogens is 1. The molecule has 0 aliphatic carbocycles. The maximum Gasteiger partial charge on any atom is 0.255 e. The molecule has 23 heavy (non-hydrogen) atoms. The predicted molar refractivity (Wildman–Crippen MR) is 88.0 cm³/mol. The Bertz CT molecular complexity index is 847. The van der Waals surface area contributed by atoms with E-state index in [1.54, 1.807) is 18.3 Å². The first-order chi connectivity index (χ1) is 11.2. The molecule has 0 atom stereocenters. The van der Waals surface area contributed by atoms with Gasteiger partial charge in [0.05, 0.1) is 16.8 Å². The van der Waals surface area contributed by atoms with Crippen LogP contribution in [0.5, 0.6) is 11.6 Å². The number of benzene rings is 1. The Labute approximate surface area is 137 Å². The summed E-state index contributed by atoms with van der Waals surface area (Å²) in [5.41, 5.74) is 1.42. The Balaban J connectivity index is 1.91. The van der Waals surface area contributed by atoms with Crippen molar-refractivity contribution >= 4 is 28.7 Å². The summed E-state index contributed by atoms with van der Waals surface area (Å²) in [5, 5.41) is 3.29. The molecule has 0 fully saturated rings. The molecule has 1 aromatic carbocycles. The number of nitrogens with one attached hydrogen (secondary N) is 2. The fourth-order valence-corrected chi connectivity index (χ4v) is 2.25. The minimum Gasteiger partial charge on any atom is -0.436 e. The minimum atomic E-state index is -0.192. The number of amides is 1. The van der Waals surface area contributed by atoms with E-state index in [4.69, 9.17) is 16.3 Å². The SMILES string of the molecule is CCCNC(=O)c1c[nH]c2ncc(Oc3ccccc3Cl)nc12. The number of hydrogen-bond donors (Lipinski definition) is 2. The molecule has 0 aliphatic rings. The molecule has 6 nitrogen and oxygen atoms in total. The van der Waals surface area contributed by atoms with Crippen molar-refractivity contribution in [3.8, 4) is 11.6 Å². The molecular weight excluding hydrogens is 316 g/mol. The maximum atomic E-state index is 12.1. The Hall–Kier alpha value is -2.60. The van der Waals surface area contributed by atoms with Gasteiger partial charge in [0.25, 0.3) is 5.91 Å². The van der Waals surface area contributed by atoms with E-state index in [0.29, 0.717) is 34.0 Å². The summed E-state index contributed by atoms with van der Waals surface area (Å²) in [6.45, 7) is 2.60. The summed E-state index contributed by atoms with van der Waals surface area (Å²) < 4.78 is 5.65. The van der Waals surface area contributed by atoms with Crippen LogP contribution in [-0.2, 0) is 0 Å². The van der Waals surface area contributed by atoms with Crippen LogP contribution in [-0.4, -0.2) is 27.4 Å². The monoisotopic (exact) mass is 330 g/mol. The van der Waals surface area contributed by atoms with Crippen LogP contribution in [0.3, 0.4) is 0 Å². The third-order valence-electron chi connectivity index (χ3n) is 3.19. The third-order valence-corrected chi connectivity index (χ3v) is 3.50. The van der Waals surface area contributed by atoms with Gasteiger partial charge in [0.1, 0.15) is 11.3 Å². The molecule has 0 bridgehead atoms. The number of hydrogen-bond acceptors (Lipinski definition) is 4. The number of carbonyl (C=O) groups excluding carboxylic acids is 1. The lowest BCUT2D eigenvalue weighted by Crippen LogP contribution is -2.23. The summed E-state index contributed by atoms with van der Waals surface area (Å²) in [5.74, 6) is 0.562. The zero-order chi connectivity index (χ0) is 16.2. The summed E-state index contributed by atoms with van der Waals surface area (Å²) in [6, 6.07) is 7.09. The fourth-order valence-electron chi connectivity index (χ4n) is 2.07. The van der Waals surface area contributed by atoms with Crippen LogP contribution in [0, 0.1) is 0 Å². The highest BCUT2D eigenvalue weighted by Gasteiger charge is 2.15. The molecule has 2 heterocycles.